The molecule has 1 aromatic rings. The van der Waals surface area contributed by atoms with Crippen LogP contribution in [0.15, 0.2) is 48.1 Å². The van der Waals surface area contributed by atoms with Crippen LogP contribution in [0.25, 0.3) is 10.4 Å². The van der Waals surface area contributed by atoms with Crippen LogP contribution in [0, 0.1) is 0 Å². The number of nitrogens with zero attached hydrogens (tertiary/aromatic N) is 3. The topological polar surface area (TPSA) is 106 Å². The molecule has 3 rings (SSSR count). The van der Waals surface area contributed by atoms with E-state index in [4.69, 9.17) is 24.5 Å². The molecule has 0 amide bonds. The number of hydrogen-bond acceptors (Lipinski definition) is 6. The quantitative estimate of drug-likeness (QED) is 0.384. The minimum Gasteiger partial charge on any atom is -0.390 e. The molecule has 0 radical (unpaired) electrons. The third-order valence-electron chi connectivity index (χ3n) is 3.97. The molecule has 6 atom stereocenters. The van der Waals surface area contributed by atoms with Gasteiger partial charge in [0.15, 0.2) is 12.6 Å². The lowest BCUT2D eigenvalue weighted by Gasteiger charge is -2.46. The van der Waals surface area contributed by atoms with E-state index in [9.17, 15) is 5.11 Å². The molecule has 2 heterocycles. The van der Waals surface area contributed by atoms with E-state index < -0.39 is 36.9 Å². The number of benzene rings is 1. The van der Waals surface area contributed by atoms with Gasteiger partial charge in [-0.3, -0.25) is 0 Å². The van der Waals surface area contributed by atoms with Crippen molar-refractivity contribution in [2.45, 2.75) is 36.9 Å². The van der Waals surface area contributed by atoms with Gasteiger partial charge in [0, 0.05) is 10.5 Å². The van der Waals surface area contributed by atoms with Gasteiger partial charge in [0.05, 0.1) is 19.3 Å². The lowest BCUT2D eigenvalue weighted by molar-refractivity contribution is -0.340. The summed E-state index contributed by atoms with van der Waals surface area (Å²) in [5, 5.41) is 14.2. The third-order valence-corrected chi connectivity index (χ3v) is 3.97. The summed E-state index contributed by atoms with van der Waals surface area (Å²) in [7, 11) is 0. The zero-order chi connectivity index (χ0) is 16.9. The lowest BCUT2D eigenvalue weighted by Crippen LogP contribution is -2.61. The van der Waals surface area contributed by atoms with Crippen LogP contribution in [0.1, 0.15) is 11.9 Å². The number of fused-ring (bicyclic) bond motifs is 1. The van der Waals surface area contributed by atoms with Crippen molar-refractivity contribution in [3.63, 3.8) is 0 Å². The van der Waals surface area contributed by atoms with Crippen LogP contribution < -0.4 is 0 Å². The third kappa shape index (κ3) is 3.44. The Hall–Kier alpha value is -1.93. The molecule has 8 nitrogen and oxygen atoms in total. The van der Waals surface area contributed by atoms with Gasteiger partial charge < -0.3 is 24.1 Å². The predicted molar refractivity (Wildman–Crippen MR) is 83.8 cm³/mol. The standard InChI is InChI=1S/C16H19N3O5/c1-2-8-21-16-12(18-19-17)13(20)14-11(23-16)9-22-15(24-14)10-6-4-3-5-7-10/h2-7,11-16,20H,1,8-9H2. The zero-order valence-electron chi connectivity index (χ0n) is 13.0. The molecule has 2 saturated heterocycles. The summed E-state index contributed by atoms with van der Waals surface area (Å²) in [6.07, 6.45) is -2.19. The Balaban J connectivity index is 1.76. The van der Waals surface area contributed by atoms with Crippen molar-refractivity contribution < 1.29 is 24.1 Å². The first-order valence-corrected chi connectivity index (χ1v) is 7.67. The molecule has 0 aliphatic carbocycles. The molecule has 2 fully saturated rings. The molecule has 1 N–H and O–H groups in total. The second-order valence-electron chi connectivity index (χ2n) is 5.53. The highest BCUT2D eigenvalue weighted by Crippen LogP contribution is 2.35. The van der Waals surface area contributed by atoms with Crippen molar-refractivity contribution in [1.29, 1.82) is 0 Å². The molecule has 0 bridgehead atoms. The number of rotatable bonds is 5. The number of aliphatic hydroxyl groups is 1. The van der Waals surface area contributed by atoms with Gasteiger partial charge in [0.1, 0.15) is 18.2 Å². The van der Waals surface area contributed by atoms with Gasteiger partial charge in [-0.05, 0) is 5.53 Å². The summed E-state index contributed by atoms with van der Waals surface area (Å²) >= 11 is 0. The summed E-state index contributed by atoms with van der Waals surface area (Å²) in [6, 6.07) is 8.50. The van der Waals surface area contributed by atoms with E-state index >= 15 is 0 Å². The van der Waals surface area contributed by atoms with E-state index in [1.165, 1.54) is 0 Å². The molecule has 0 spiro atoms. The van der Waals surface area contributed by atoms with Crippen LogP contribution in [0.3, 0.4) is 0 Å². The molecule has 24 heavy (non-hydrogen) atoms. The highest BCUT2D eigenvalue weighted by atomic mass is 16.7. The molecule has 2 aliphatic rings. The highest BCUT2D eigenvalue weighted by molar-refractivity contribution is 5.16. The van der Waals surface area contributed by atoms with Gasteiger partial charge in [-0.1, -0.05) is 41.5 Å². The Kier molecular flexibility index (Phi) is 5.47. The van der Waals surface area contributed by atoms with Gasteiger partial charge in [0.2, 0.25) is 0 Å². The fourth-order valence-electron chi connectivity index (χ4n) is 2.84. The average molecular weight is 333 g/mol. The van der Waals surface area contributed by atoms with E-state index in [0.717, 1.165) is 5.56 Å². The molecular formula is C16H19N3O5. The molecule has 1 aromatic carbocycles. The SMILES string of the molecule is C=CCOC1OC2COC(c3ccccc3)OC2C(O)C1N=[N+]=[N-]. The normalized spacial score (nSPS) is 35.5. The smallest absolute Gasteiger partial charge is 0.184 e. The molecule has 128 valence electrons. The van der Waals surface area contributed by atoms with Crippen LogP contribution in [0.5, 0.6) is 0 Å². The van der Waals surface area contributed by atoms with Crippen molar-refractivity contribution in [3.8, 4) is 0 Å². The average Bonchev–Trinajstić information content (AvgIpc) is 2.63. The minimum absolute atomic E-state index is 0.209. The fourth-order valence-corrected chi connectivity index (χ4v) is 2.84. The van der Waals surface area contributed by atoms with Gasteiger partial charge in [-0.15, -0.1) is 6.58 Å². The maximum Gasteiger partial charge on any atom is 0.184 e. The summed E-state index contributed by atoms with van der Waals surface area (Å²) in [6.45, 7) is 4.01. The first kappa shape index (κ1) is 16.9. The number of azide groups is 1. The summed E-state index contributed by atoms with van der Waals surface area (Å²) < 4.78 is 22.8. The van der Waals surface area contributed by atoms with E-state index in [0.29, 0.717) is 0 Å². The second kappa shape index (κ2) is 7.76. The highest BCUT2D eigenvalue weighted by Gasteiger charge is 2.49. The zero-order valence-corrected chi connectivity index (χ0v) is 13.0. The Morgan fingerprint density at radius 1 is 1.38 bits per heavy atom. The van der Waals surface area contributed by atoms with Crippen molar-refractivity contribution in [2.24, 2.45) is 5.11 Å². The second-order valence-corrected chi connectivity index (χ2v) is 5.53. The summed E-state index contributed by atoms with van der Waals surface area (Å²) in [5.41, 5.74) is 9.60. The van der Waals surface area contributed by atoms with Crippen LogP contribution >= 0.6 is 0 Å². The number of hydrogen-bond donors (Lipinski definition) is 1. The lowest BCUT2D eigenvalue weighted by atomic mass is 9.96. The summed E-state index contributed by atoms with van der Waals surface area (Å²) in [5.74, 6) is 0. The first-order valence-electron chi connectivity index (χ1n) is 7.67. The van der Waals surface area contributed by atoms with E-state index in [-0.39, 0.29) is 13.2 Å². The maximum atomic E-state index is 10.6. The molecule has 0 aromatic heterocycles. The molecule has 2 aliphatic heterocycles. The van der Waals surface area contributed by atoms with Crippen LogP contribution in [0.2, 0.25) is 0 Å². The Morgan fingerprint density at radius 3 is 2.88 bits per heavy atom. The van der Waals surface area contributed by atoms with Gasteiger partial charge in [-0.2, -0.15) is 0 Å². The van der Waals surface area contributed by atoms with Crippen LogP contribution in [-0.2, 0) is 18.9 Å². The largest absolute Gasteiger partial charge is 0.390 e. The van der Waals surface area contributed by atoms with E-state index in [1.807, 2.05) is 30.3 Å². The van der Waals surface area contributed by atoms with Crippen molar-refractivity contribution in [1.82, 2.24) is 0 Å². The number of ether oxygens (including phenoxy) is 4. The van der Waals surface area contributed by atoms with Crippen LogP contribution in [-0.4, -0.2) is 49.0 Å². The Labute approximate surface area is 139 Å². The summed E-state index contributed by atoms with van der Waals surface area (Å²) in [4.78, 5) is 2.78. The minimum atomic E-state index is -1.07. The van der Waals surface area contributed by atoms with Gasteiger partial charge in [-0.25, -0.2) is 0 Å². The maximum absolute atomic E-state index is 10.6. The molecular weight excluding hydrogens is 314 g/mol. The monoisotopic (exact) mass is 333 g/mol. The van der Waals surface area contributed by atoms with Gasteiger partial charge >= 0.3 is 0 Å². The molecule has 0 saturated carbocycles. The van der Waals surface area contributed by atoms with E-state index in [1.54, 1.807) is 6.08 Å². The Bertz CT molecular complexity index is 607. The molecule has 6 unspecified atom stereocenters. The fraction of sp³-hybridized carbons (Fsp3) is 0.500. The Morgan fingerprint density at radius 2 is 2.17 bits per heavy atom. The first-order chi connectivity index (χ1) is 11.7. The van der Waals surface area contributed by atoms with Gasteiger partial charge in [0.25, 0.3) is 0 Å². The number of aliphatic hydroxyl groups excluding tert-OH is 1. The van der Waals surface area contributed by atoms with Crippen molar-refractivity contribution >= 4 is 0 Å². The van der Waals surface area contributed by atoms with Crippen molar-refractivity contribution in [3.05, 3.63) is 59.0 Å². The van der Waals surface area contributed by atoms with E-state index in [2.05, 4.69) is 16.6 Å². The van der Waals surface area contributed by atoms with Crippen LogP contribution in [0.4, 0.5) is 0 Å². The predicted octanol–water partition coefficient (Wildman–Crippen LogP) is 2.07. The molecule has 8 heteroatoms. The van der Waals surface area contributed by atoms with Crippen molar-refractivity contribution in [2.75, 3.05) is 13.2 Å².